The lowest BCUT2D eigenvalue weighted by atomic mass is 9.89. The maximum absolute atomic E-state index is 5.40. The average Bonchev–Trinajstić information content (AvgIpc) is 2.70. The lowest BCUT2D eigenvalue weighted by molar-refractivity contribution is 0.115. The highest BCUT2D eigenvalue weighted by molar-refractivity contribution is 5.26. The molecule has 70 valence electrons. The second kappa shape index (κ2) is 3.61. The van der Waals surface area contributed by atoms with Crippen molar-refractivity contribution in [2.75, 3.05) is 7.11 Å². The van der Waals surface area contributed by atoms with Gasteiger partial charge in [-0.2, -0.15) is 0 Å². The van der Waals surface area contributed by atoms with Crippen LogP contribution in [0.15, 0.2) is 11.6 Å². The summed E-state index contributed by atoms with van der Waals surface area (Å²) in [5.74, 6) is 0. The van der Waals surface area contributed by atoms with Crippen LogP contribution in [0.4, 0.5) is 0 Å². The summed E-state index contributed by atoms with van der Waals surface area (Å²) in [6.07, 6.45) is 6.26. The molecule has 1 aliphatic rings. The summed E-state index contributed by atoms with van der Waals surface area (Å²) in [6, 6.07) is 0. The number of methoxy groups -OCH3 is 1. The van der Waals surface area contributed by atoms with Gasteiger partial charge in [0.1, 0.15) is 0 Å². The largest absolute Gasteiger partial charge is 0.377 e. The fourth-order valence-electron chi connectivity index (χ4n) is 1.34. The van der Waals surface area contributed by atoms with E-state index in [0.717, 1.165) is 0 Å². The zero-order valence-corrected chi connectivity index (χ0v) is 8.68. The van der Waals surface area contributed by atoms with Crippen molar-refractivity contribution in [2.24, 2.45) is 5.41 Å². The molecule has 0 saturated carbocycles. The summed E-state index contributed by atoms with van der Waals surface area (Å²) in [6.45, 7) is 6.84. The Balaban J connectivity index is 2.24. The minimum absolute atomic E-state index is 0.407. The molecule has 12 heavy (non-hydrogen) atoms. The van der Waals surface area contributed by atoms with Gasteiger partial charge >= 0.3 is 0 Å². The quantitative estimate of drug-likeness (QED) is 0.586. The molecule has 0 aromatic carbocycles. The van der Waals surface area contributed by atoms with Gasteiger partial charge in [-0.15, -0.1) is 0 Å². The lowest BCUT2D eigenvalue weighted by Gasteiger charge is -2.21. The summed E-state index contributed by atoms with van der Waals surface area (Å²) in [7, 11) is 1.81. The van der Waals surface area contributed by atoms with Gasteiger partial charge in [0.2, 0.25) is 0 Å². The Morgan fingerprint density at radius 1 is 1.50 bits per heavy atom. The average molecular weight is 168 g/mol. The first-order valence-electron chi connectivity index (χ1n) is 4.74. The summed E-state index contributed by atoms with van der Waals surface area (Å²) < 4.78 is 5.40. The van der Waals surface area contributed by atoms with E-state index in [-0.39, 0.29) is 0 Å². The molecule has 1 heteroatoms. The van der Waals surface area contributed by atoms with Crippen LogP contribution >= 0.6 is 0 Å². The van der Waals surface area contributed by atoms with Gasteiger partial charge in [-0.25, -0.2) is 0 Å². The van der Waals surface area contributed by atoms with Gasteiger partial charge < -0.3 is 4.74 Å². The smallest absolute Gasteiger partial charge is 0.0784 e. The lowest BCUT2D eigenvalue weighted by Crippen LogP contribution is -2.14. The predicted octanol–water partition coefficient (Wildman–Crippen LogP) is 3.16. The van der Waals surface area contributed by atoms with E-state index in [0.29, 0.717) is 11.5 Å². The Morgan fingerprint density at radius 2 is 2.08 bits per heavy atom. The second-order valence-corrected chi connectivity index (χ2v) is 4.81. The maximum Gasteiger partial charge on any atom is 0.0784 e. The number of rotatable bonds is 4. The molecule has 0 radical (unpaired) electrons. The van der Waals surface area contributed by atoms with Crippen LogP contribution in [0.1, 0.15) is 40.0 Å². The second-order valence-electron chi connectivity index (χ2n) is 4.81. The topological polar surface area (TPSA) is 9.23 Å². The first kappa shape index (κ1) is 9.79. The van der Waals surface area contributed by atoms with Crippen molar-refractivity contribution < 1.29 is 4.74 Å². The van der Waals surface area contributed by atoms with Crippen molar-refractivity contribution in [2.45, 2.75) is 46.1 Å². The van der Waals surface area contributed by atoms with Gasteiger partial charge in [-0.3, -0.25) is 0 Å². The molecule has 0 aromatic heterocycles. The number of hydrogen-bond acceptors (Lipinski definition) is 1. The van der Waals surface area contributed by atoms with E-state index < -0.39 is 0 Å². The molecule has 0 N–H and O–H groups in total. The number of hydrogen-bond donors (Lipinski definition) is 0. The predicted molar refractivity (Wildman–Crippen MR) is 52.2 cm³/mol. The molecule has 0 amide bonds. The Bertz CT molecular complexity index is 174. The molecule has 0 aromatic rings. The number of ether oxygens (including phenoxy) is 1. The highest BCUT2D eigenvalue weighted by Gasteiger charge is 2.22. The van der Waals surface area contributed by atoms with Crippen molar-refractivity contribution in [3.05, 3.63) is 11.6 Å². The number of allylic oxidation sites excluding steroid dienone is 1. The van der Waals surface area contributed by atoms with Crippen LogP contribution in [-0.2, 0) is 4.74 Å². The molecule has 0 bridgehead atoms. The molecule has 1 nitrogen and oxygen atoms in total. The Hall–Kier alpha value is -0.300. The Morgan fingerprint density at radius 3 is 2.42 bits per heavy atom. The van der Waals surface area contributed by atoms with Gasteiger partial charge in [0.15, 0.2) is 0 Å². The van der Waals surface area contributed by atoms with Crippen molar-refractivity contribution in [1.29, 1.82) is 0 Å². The maximum atomic E-state index is 5.40. The van der Waals surface area contributed by atoms with Gasteiger partial charge in [-0.1, -0.05) is 26.8 Å². The van der Waals surface area contributed by atoms with Gasteiger partial charge in [0.25, 0.3) is 0 Å². The third kappa shape index (κ3) is 3.40. The molecule has 0 fully saturated rings. The molecule has 0 spiro atoms. The van der Waals surface area contributed by atoms with Crippen LogP contribution in [-0.4, -0.2) is 13.2 Å². The van der Waals surface area contributed by atoms with E-state index in [1.54, 1.807) is 0 Å². The van der Waals surface area contributed by atoms with E-state index in [2.05, 4.69) is 26.8 Å². The van der Waals surface area contributed by atoms with Gasteiger partial charge in [-0.05, 0) is 30.3 Å². The third-order valence-corrected chi connectivity index (χ3v) is 2.29. The molecule has 0 saturated heterocycles. The minimum Gasteiger partial charge on any atom is -0.377 e. The van der Waals surface area contributed by atoms with Crippen LogP contribution in [0, 0.1) is 5.41 Å². The SMILES string of the molecule is CO[C@@H](CCC(C)(C)C)C1=CC1. The molecule has 0 unspecified atom stereocenters. The van der Waals surface area contributed by atoms with Crippen LogP contribution in [0.25, 0.3) is 0 Å². The minimum atomic E-state index is 0.407. The van der Waals surface area contributed by atoms with Crippen molar-refractivity contribution in [1.82, 2.24) is 0 Å². The van der Waals surface area contributed by atoms with Gasteiger partial charge in [0, 0.05) is 7.11 Å². The van der Waals surface area contributed by atoms with Crippen LogP contribution in [0.3, 0.4) is 0 Å². The highest BCUT2D eigenvalue weighted by Crippen LogP contribution is 2.30. The Labute approximate surface area is 75.8 Å². The molecular formula is C11H20O. The molecule has 1 atom stereocenters. The molecular weight excluding hydrogens is 148 g/mol. The first-order valence-corrected chi connectivity index (χ1v) is 4.74. The summed E-state index contributed by atoms with van der Waals surface area (Å²) in [4.78, 5) is 0. The van der Waals surface area contributed by atoms with Crippen LogP contribution in [0.5, 0.6) is 0 Å². The monoisotopic (exact) mass is 168 g/mol. The molecule has 1 aliphatic carbocycles. The van der Waals surface area contributed by atoms with Crippen molar-refractivity contribution in [3.8, 4) is 0 Å². The fourth-order valence-corrected chi connectivity index (χ4v) is 1.34. The third-order valence-electron chi connectivity index (χ3n) is 2.29. The first-order chi connectivity index (χ1) is 5.53. The molecule has 0 heterocycles. The van der Waals surface area contributed by atoms with Crippen LogP contribution < -0.4 is 0 Å². The summed E-state index contributed by atoms with van der Waals surface area (Å²) in [5.41, 5.74) is 1.94. The molecule has 1 rings (SSSR count). The van der Waals surface area contributed by atoms with E-state index in [4.69, 9.17) is 4.74 Å². The van der Waals surface area contributed by atoms with E-state index >= 15 is 0 Å². The fraction of sp³-hybridized carbons (Fsp3) is 0.818. The van der Waals surface area contributed by atoms with Gasteiger partial charge in [0.05, 0.1) is 6.10 Å². The zero-order chi connectivity index (χ0) is 9.19. The van der Waals surface area contributed by atoms with E-state index in [9.17, 15) is 0 Å². The zero-order valence-electron chi connectivity index (χ0n) is 8.68. The summed E-state index contributed by atoms with van der Waals surface area (Å²) >= 11 is 0. The Kier molecular flexibility index (Phi) is 2.94. The summed E-state index contributed by atoms with van der Waals surface area (Å²) in [5, 5.41) is 0. The van der Waals surface area contributed by atoms with E-state index in [1.807, 2.05) is 7.11 Å². The standard InChI is InChI=1S/C11H20O/c1-11(2,3)8-7-10(12-4)9-5-6-9/h5,10H,6-8H2,1-4H3/t10-/m0/s1. The normalized spacial score (nSPS) is 18.8. The van der Waals surface area contributed by atoms with Crippen molar-refractivity contribution in [3.63, 3.8) is 0 Å². The van der Waals surface area contributed by atoms with Crippen molar-refractivity contribution >= 4 is 0 Å². The molecule has 0 aliphatic heterocycles. The van der Waals surface area contributed by atoms with Crippen LogP contribution in [0.2, 0.25) is 0 Å². The van der Waals surface area contributed by atoms with E-state index in [1.165, 1.54) is 24.8 Å². The highest BCUT2D eigenvalue weighted by atomic mass is 16.5.